The van der Waals surface area contributed by atoms with Crippen molar-refractivity contribution in [3.8, 4) is 5.75 Å². The Morgan fingerprint density at radius 1 is 1.19 bits per heavy atom. The summed E-state index contributed by atoms with van der Waals surface area (Å²) in [5, 5.41) is 3.09. The summed E-state index contributed by atoms with van der Waals surface area (Å²) in [6.07, 6.45) is -1.04. The molecular weight excluding hydrogens is 440 g/mol. The van der Waals surface area contributed by atoms with E-state index in [4.69, 9.17) is 26.8 Å². The average Bonchev–Trinajstić information content (AvgIpc) is 2.61. The fourth-order valence-corrected chi connectivity index (χ4v) is 2.77. The molecule has 0 aliphatic heterocycles. The van der Waals surface area contributed by atoms with Crippen LogP contribution in [0.25, 0.3) is 0 Å². The van der Waals surface area contributed by atoms with Crippen molar-refractivity contribution in [1.29, 1.82) is 0 Å². The molecule has 142 valence electrons. The largest absolute Gasteiger partial charge is 0.481 e. The van der Waals surface area contributed by atoms with Gasteiger partial charge in [-0.05, 0) is 65.3 Å². The van der Waals surface area contributed by atoms with Crippen molar-refractivity contribution in [2.75, 3.05) is 11.9 Å². The zero-order valence-corrected chi connectivity index (χ0v) is 16.5. The highest BCUT2D eigenvalue weighted by atomic mass is 79.9. The van der Waals surface area contributed by atoms with Crippen LogP contribution in [-0.4, -0.2) is 30.5 Å². The van der Waals surface area contributed by atoms with Gasteiger partial charge in [-0.3, -0.25) is 9.59 Å². The highest BCUT2D eigenvalue weighted by Gasteiger charge is 2.18. The van der Waals surface area contributed by atoms with E-state index in [0.717, 1.165) is 0 Å². The first-order valence-electron chi connectivity index (χ1n) is 7.74. The van der Waals surface area contributed by atoms with E-state index in [9.17, 15) is 14.4 Å². The van der Waals surface area contributed by atoms with Crippen LogP contribution in [0.4, 0.5) is 5.69 Å². The number of halogens is 2. The molecule has 2 aromatic rings. The van der Waals surface area contributed by atoms with Gasteiger partial charge >= 0.3 is 5.97 Å². The van der Waals surface area contributed by atoms with Gasteiger partial charge < -0.3 is 20.5 Å². The summed E-state index contributed by atoms with van der Waals surface area (Å²) in [4.78, 5) is 35.0. The predicted molar refractivity (Wildman–Crippen MR) is 104 cm³/mol. The number of rotatable bonds is 7. The monoisotopic (exact) mass is 454 g/mol. The molecule has 0 heterocycles. The third-order valence-electron chi connectivity index (χ3n) is 3.35. The van der Waals surface area contributed by atoms with Crippen LogP contribution in [0.3, 0.4) is 0 Å². The van der Waals surface area contributed by atoms with E-state index in [0.29, 0.717) is 26.5 Å². The fraction of sp³-hybridized carbons (Fsp3) is 0.167. The Morgan fingerprint density at radius 3 is 2.44 bits per heavy atom. The summed E-state index contributed by atoms with van der Waals surface area (Å²) in [5.41, 5.74) is 5.91. The third-order valence-corrected chi connectivity index (χ3v) is 4.21. The average molecular weight is 456 g/mol. The molecular formula is C18H16BrClN2O5. The molecule has 0 aliphatic carbocycles. The topological polar surface area (TPSA) is 108 Å². The molecule has 9 heteroatoms. The molecule has 1 unspecified atom stereocenters. The van der Waals surface area contributed by atoms with E-state index in [-0.39, 0.29) is 6.61 Å². The van der Waals surface area contributed by atoms with E-state index in [2.05, 4.69) is 21.2 Å². The standard InChI is InChI=1S/C18H16BrClN2O5/c1-10(18(25)22-13-5-2-11(3-6-13)17(21)24)27-16(23)9-26-15-7-4-12(20)8-14(15)19/h2-8,10H,9H2,1H3,(H2,21,24)(H,22,25). The molecule has 0 saturated heterocycles. The molecule has 0 spiro atoms. The lowest BCUT2D eigenvalue weighted by Crippen LogP contribution is -2.31. The summed E-state index contributed by atoms with van der Waals surface area (Å²) in [5.74, 6) is -1.38. The number of hydrogen-bond donors (Lipinski definition) is 2. The number of esters is 1. The highest BCUT2D eigenvalue weighted by Crippen LogP contribution is 2.27. The Kier molecular flexibility index (Phi) is 7.20. The summed E-state index contributed by atoms with van der Waals surface area (Å²) in [7, 11) is 0. The van der Waals surface area contributed by atoms with Crippen molar-refractivity contribution in [3.05, 3.63) is 57.5 Å². The van der Waals surface area contributed by atoms with E-state index in [1.165, 1.54) is 31.2 Å². The number of carbonyl (C=O) groups excluding carboxylic acids is 3. The molecule has 3 N–H and O–H groups in total. The fourth-order valence-electron chi connectivity index (χ4n) is 1.98. The van der Waals surface area contributed by atoms with Gasteiger partial charge in [0.1, 0.15) is 5.75 Å². The number of nitrogens with two attached hydrogens (primary N) is 1. The lowest BCUT2D eigenvalue weighted by molar-refractivity contribution is -0.155. The van der Waals surface area contributed by atoms with Crippen LogP contribution in [-0.2, 0) is 14.3 Å². The van der Waals surface area contributed by atoms with Crippen LogP contribution in [0.1, 0.15) is 17.3 Å². The van der Waals surface area contributed by atoms with Crippen LogP contribution in [0.15, 0.2) is 46.9 Å². The van der Waals surface area contributed by atoms with E-state index >= 15 is 0 Å². The summed E-state index contributed by atoms with van der Waals surface area (Å²) in [6.45, 7) is 1.06. The van der Waals surface area contributed by atoms with E-state index in [1.54, 1.807) is 18.2 Å². The molecule has 1 atom stereocenters. The number of ether oxygens (including phenoxy) is 2. The normalized spacial score (nSPS) is 11.4. The molecule has 0 saturated carbocycles. The number of carbonyl (C=O) groups is 3. The lowest BCUT2D eigenvalue weighted by atomic mass is 10.2. The van der Waals surface area contributed by atoms with Crippen molar-refractivity contribution in [2.45, 2.75) is 13.0 Å². The number of benzene rings is 2. The van der Waals surface area contributed by atoms with Gasteiger partial charge in [-0.25, -0.2) is 4.79 Å². The Hall–Kier alpha value is -2.58. The summed E-state index contributed by atoms with van der Waals surface area (Å²) < 4.78 is 11.0. The number of hydrogen-bond acceptors (Lipinski definition) is 5. The maximum Gasteiger partial charge on any atom is 0.344 e. The van der Waals surface area contributed by atoms with Crippen molar-refractivity contribution in [3.63, 3.8) is 0 Å². The Bertz CT molecular complexity index is 857. The zero-order valence-electron chi connectivity index (χ0n) is 14.2. The van der Waals surface area contributed by atoms with E-state index in [1.807, 2.05) is 0 Å². The minimum absolute atomic E-state index is 0.318. The second kappa shape index (κ2) is 9.38. The molecule has 0 bridgehead atoms. The van der Waals surface area contributed by atoms with Gasteiger partial charge in [-0.2, -0.15) is 0 Å². The van der Waals surface area contributed by atoms with Gasteiger partial charge in [0.25, 0.3) is 5.91 Å². The molecule has 2 amide bonds. The Balaban J connectivity index is 1.84. The van der Waals surface area contributed by atoms with Gasteiger partial charge in [0.15, 0.2) is 12.7 Å². The van der Waals surface area contributed by atoms with Crippen LogP contribution < -0.4 is 15.8 Å². The van der Waals surface area contributed by atoms with Gasteiger partial charge in [0.05, 0.1) is 4.47 Å². The third kappa shape index (κ3) is 6.26. The van der Waals surface area contributed by atoms with Gasteiger partial charge in [0, 0.05) is 16.3 Å². The minimum atomic E-state index is -1.04. The molecule has 2 aromatic carbocycles. The zero-order chi connectivity index (χ0) is 20.0. The lowest BCUT2D eigenvalue weighted by Gasteiger charge is -2.14. The number of anilines is 1. The first kappa shape index (κ1) is 20.7. The number of amides is 2. The SMILES string of the molecule is CC(OC(=O)COc1ccc(Cl)cc1Br)C(=O)Nc1ccc(C(N)=O)cc1. The van der Waals surface area contributed by atoms with Crippen LogP contribution in [0.2, 0.25) is 5.02 Å². The molecule has 27 heavy (non-hydrogen) atoms. The van der Waals surface area contributed by atoms with Crippen LogP contribution >= 0.6 is 27.5 Å². The second-order valence-electron chi connectivity index (χ2n) is 5.43. The summed E-state index contributed by atoms with van der Waals surface area (Å²) >= 11 is 9.10. The molecule has 0 radical (unpaired) electrons. The van der Waals surface area contributed by atoms with Crippen molar-refractivity contribution < 1.29 is 23.9 Å². The molecule has 7 nitrogen and oxygen atoms in total. The smallest absolute Gasteiger partial charge is 0.344 e. The van der Waals surface area contributed by atoms with Gasteiger partial charge in [0.2, 0.25) is 5.91 Å². The Labute approximate surface area is 168 Å². The molecule has 0 aromatic heterocycles. The summed E-state index contributed by atoms with van der Waals surface area (Å²) in [6, 6.07) is 10.8. The molecule has 2 rings (SSSR count). The maximum atomic E-state index is 12.1. The van der Waals surface area contributed by atoms with Crippen molar-refractivity contribution >= 4 is 51.0 Å². The van der Waals surface area contributed by atoms with Crippen LogP contribution in [0, 0.1) is 0 Å². The molecule has 0 aliphatic rings. The predicted octanol–water partition coefficient (Wildman–Crippen LogP) is 3.15. The quantitative estimate of drug-likeness (QED) is 0.624. The second-order valence-corrected chi connectivity index (χ2v) is 6.72. The highest BCUT2D eigenvalue weighted by molar-refractivity contribution is 9.10. The number of primary amides is 1. The first-order valence-corrected chi connectivity index (χ1v) is 8.91. The van der Waals surface area contributed by atoms with Crippen molar-refractivity contribution in [2.24, 2.45) is 5.73 Å². The van der Waals surface area contributed by atoms with E-state index < -0.39 is 23.9 Å². The van der Waals surface area contributed by atoms with Gasteiger partial charge in [-0.1, -0.05) is 11.6 Å². The maximum absolute atomic E-state index is 12.1. The first-order chi connectivity index (χ1) is 12.8. The molecule has 0 fully saturated rings. The van der Waals surface area contributed by atoms with Crippen LogP contribution in [0.5, 0.6) is 5.75 Å². The minimum Gasteiger partial charge on any atom is -0.481 e. The van der Waals surface area contributed by atoms with Crippen molar-refractivity contribution in [1.82, 2.24) is 0 Å². The Morgan fingerprint density at radius 2 is 1.85 bits per heavy atom. The number of nitrogens with one attached hydrogen (secondary N) is 1. The van der Waals surface area contributed by atoms with Gasteiger partial charge in [-0.15, -0.1) is 0 Å².